The minimum atomic E-state index is 0.0190. The van der Waals surface area contributed by atoms with Crippen molar-refractivity contribution >= 4 is 39.3 Å². The van der Waals surface area contributed by atoms with Crippen molar-refractivity contribution in [3.05, 3.63) is 5.51 Å². The second-order valence-electron chi connectivity index (χ2n) is 3.16. The quantitative estimate of drug-likeness (QED) is 0.773. The van der Waals surface area contributed by atoms with Gasteiger partial charge in [0.1, 0.15) is 5.51 Å². The Kier molecular flexibility index (Phi) is 3.01. The maximum Gasteiger partial charge on any atom is 0.230 e. The van der Waals surface area contributed by atoms with Gasteiger partial charge in [0, 0.05) is 25.1 Å². The van der Waals surface area contributed by atoms with Gasteiger partial charge in [-0.15, -0.1) is 10.2 Å². The number of carbonyl (C=O) groups excluding carboxylic acids is 2. The predicted octanol–water partition coefficient (Wildman–Crippen LogP) is 0.923. The Balaban J connectivity index is 2.05. The van der Waals surface area contributed by atoms with E-state index in [0.717, 1.165) is 0 Å². The molecule has 7 heteroatoms. The molecular formula is C8H9N3O2S2. The molecule has 2 heterocycles. The van der Waals surface area contributed by atoms with Crippen LogP contribution in [0.4, 0.5) is 5.13 Å². The Morgan fingerprint density at radius 3 is 3.13 bits per heavy atom. The molecule has 0 radical (unpaired) electrons. The van der Waals surface area contributed by atoms with Gasteiger partial charge < -0.3 is 0 Å². The van der Waals surface area contributed by atoms with Gasteiger partial charge in [0.25, 0.3) is 0 Å². The second-order valence-corrected chi connectivity index (χ2v) is 5.45. The predicted molar refractivity (Wildman–Crippen MR) is 58.9 cm³/mol. The van der Waals surface area contributed by atoms with Crippen LogP contribution >= 0.6 is 23.1 Å². The molecule has 0 aromatic carbocycles. The lowest BCUT2D eigenvalue weighted by molar-refractivity contribution is -0.117. The van der Waals surface area contributed by atoms with Crippen LogP contribution in [0.25, 0.3) is 0 Å². The van der Waals surface area contributed by atoms with Gasteiger partial charge >= 0.3 is 0 Å². The summed E-state index contributed by atoms with van der Waals surface area (Å²) >= 11 is 2.56. The lowest BCUT2D eigenvalue weighted by Gasteiger charge is -2.10. The Hall–Kier alpha value is -0.950. The first-order valence-corrected chi connectivity index (χ1v) is 6.16. The van der Waals surface area contributed by atoms with Gasteiger partial charge in [-0.1, -0.05) is 23.1 Å². The van der Waals surface area contributed by atoms with Gasteiger partial charge in [-0.25, -0.2) is 0 Å². The van der Waals surface area contributed by atoms with Crippen LogP contribution in [-0.4, -0.2) is 33.0 Å². The van der Waals surface area contributed by atoms with Crippen LogP contribution in [0.15, 0.2) is 5.51 Å². The van der Waals surface area contributed by atoms with E-state index in [1.54, 1.807) is 10.4 Å². The molecule has 0 aliphatic carbocycles. The number of nitrogens with zero attached hydrogens (tertiary/aromatic N) is 3. The third-order valence-corrected chi connectivity index (χ3v) is 3.70. The van der Waals surface area contributed by atoms with Gasteiger partial charge in [-0.05, 0) is 0 Å². The number of hydrogen-bond acceptors (Lipinski definition) is 6. The third-order valence-electron chi connectivity index (χ3n) is 2.00. The summed E-state index contributed by atoms with van der Waals surface area (Å²) in [5, 5.41) is 8.25. The van der Waals surface area contributed by atoms with E-state index in [0.29, 0.717) is 18.1 Å². The van der Waals surface area contributed by atoms with Crippen molar-refractivity contribution in [2.75, 3.05) is 11.4 Å². The zero-order valence-electron chi connectivity index (χ0n) is 8.04. The zero-order chi connectivity index (χ0) is 10.8. The Labute approximate surface area is 94.9 Å². The number of aromatic nitrogens is 2. The van der Waals surface area contributed by atoms with E-state index in [1.807, 2.05) is 0 Å². The van der Waals surface area contributed by atoms with Gasteiger partial charge in [0.05, 0.1) is 0 Å². The zero-order valence-corrected chi connectivity index (χ0v) is 9.68. The molecule has 1 fully saturated rings. The fourth-order valence-corrected chi connectivity index (χ4v) is 2.96. The molecule has 80 valence electrons. The molecule has 0 bridgehead atoms. The van der Waals surface area contributed by atoms with Crippen molar-refractivity contribution in [3.8, 4) is 0 Å². The molecule has 0 spiro atoms. The smallest absolute Gasteiger partial charge is 0.230 e. The average Bonchev–Trinajstić information content (AvgIpc) is 2.72. The van der Waals surface area contributed by atoms with Crippen LogP contribution in [0.5, 0.6) is 0 Å². The van der Waals surface area contributed by atoms with Crippen molar-refractivity contribution in [2.24, 2.45) is 0 Å². The minimum Gasteiger partial charge on any atom is -0.288 e. The van der Waals surface area contributed by atoms with E-state index >= 15 is 0 Å². The van der Waals surface area contributed by atoms with E-state index in [4.69, 9.17) is 0 Å². The molecule has 1 unspecified atom stereocenters. The first kappa shape index (κ1) is 10.6. The molecule has 1 aliphatic heterocycles. The summed E-state index contributed by atoms with van der Waals surface area (Å²) in [5.74, 6) is 0.0190. The Morgan fingerprint density at radius 1 is 1.73 bits per heavy atom. The maximum absolute atomic E-state index is 11.6. The van der Waals surface area contributed by atoms with Crippen molar-refractivity contribution in [3.63, 3.8) is 0 Å². The van der Waals surface area contributed by atoms with Gasteiger partial charge in [-0.3, -0.25) is 14.5 Å². The Morgan fingerprint density at radius 2 is 2.53 bits per heavy atom. The third kappa shape index (κ3) is 2.35. The molecule has 15 heavy (non-hydrogen) atoms. The normalized spacial score (nSPS) is 21.0. The number of hydrogen-bond donors (Lipinski definition) is 0. The summed E-state index contributed by atoms with van der Waals surface area (Å²) in [4.78, 5) is 24.1. The van der Waals surface area contributed by atoms with E-state index in [9.17, 15) is 9.59 Å². The number of amides is 1. The fraction of sp³-hybridized carbons (Fsp3) is 0.500. The standard InChI is InChI=1S/C8H9N3O2S2/c1-5(12)15-6-2-7(13)11(3-6)8-10-9-4-14-8/h4,6H,2-3H2,1H3. The SMILES string of the molecule is CC(=O)SC1CC(=O)N(c2nncs2)C1. The number of thioether (sulfide) groups is 1. The highest BCUT2D eigenvalue weighted by molar-refractivity contribution is 8.14. The highest BCUT2D eigenvalue weighted by Gasteiger charge is 2.33. The van der Waals surface area contributed by atoms with Crippen molar-refractivity contribution in [1.29, 1.82) is 0 Å². The summed E-state index contributed by atoms with van der Waals surface area (Å²) in [6, 6.07) is 0. The summed E-state index contributed by atoms with van der Waals surface area (Å²) in [6.45, 7) is 2.07. The summed E-state index contributed by atoms with van der Waals surface area (Å²) < 4.78 is 0. The van der Waals surface area contributed by atoms with Gasteiger partial charge in [0.2, 0.25) is 11.0 Å². The molecule has 5 nitrogen and oxygen atoms in total. The van der Waals surface area contributed by atoms with E-state index in [2.05, 4.69) is 10.2 Å². The van der Waals surface area contributed by atoms with E-state index in [-0.39, 0.29) is 16.3 Å². The molecule has 1 aromatic heterocycles. The fourth-order valence-electron chi connectivity index (χ4n) is 1.46. The molecule has 1 atom stereocenters. The van der Waals surface area contributed by atoms with Crippen molar-refractivity contribution in [1.82, 2.24) is 10.2 Å². The van der Waals surface area contributed by atoms with Crippen LogP contribution in [0.1, 0.15) is 13.3 Å². The lowest BCUT2D eigenvalue weighted by Crippen LogP contribution is -2.24. The largest absolute Gasteiger partial charge is 0.288 e. The summed E-state index contributed by atoms with van der Waals surface area (Å²) in [7, 11) is 0. The first-order valence-electron chi connectivity index (χ1n) is 4.40. The van der Waals surface area contributed by atoms with Crippen LogP contribution in [0, 0.1) is 0 Å². The maximum atomic E-state index is 11.6. The second kappa shape index (κ2) is 4.28. The molecule has 1 aromatic rings. The first-order chi connectivity index (χ1) is 7.16. The molecular weight excluding hydrogens is 234 g/mol. The van der Waals surface area contributed by atoms with Gasteiger partial charge in [0.15, 0.2) is 5.12 Å². The molecule has 0 saturated carbocycles. The monoisotopic (exact) mass is 243 g/mol. The molecule has 2 rings (SSSR count). The van der Waals surface area contributed by atoms with Crippen LogP contribution in [0.2, 0.25) is 0 Å². The molecule has 1 saturated heterocycles. The number of anilines is 1. The summed E-state index contributed by atoms with van der Waals surface area (Å²) in [5.41, 5.74) is 1.59. The highest BCUT2D eigenvalue weighted by Crippen LogP contribution is 2.28. The van der Waals surface area contributed by atoms with Crippen LogP contribution in [0.3, 0.4) is 0 Å². The number of rotatable bonds is 2. The topological polar surface area (TPSA) is 63.2 Å². The number of carbonyl (C=O) groups is 2. The average molecular weight is 243 g/mol. The van der Waals surface area contributed by atoms with Gasteiger partial charge in [-0.2, -0.15) is 0 Å². The van der Waals surface area contributed by atoms with Crippen LogP contribution in [-0.2, 0) is 9.59 Å². The van der Waals surface area contributed by atoms with E-state index in [1.165, 1.54) is 30.0 Å². The molecule has 1 amide bonds. The lowest BCUT2D eigenvalue weighted by atomic mass is 10.4. The van der Waals surface area contributed by atoms with Crippen LogP contribution < -0.4 is 4.90 Å². The molecule has 0 N–H and O–H groups in total. The molecule has 1 aliphatic rings. The summed E-state index contributed by atoms with van der Waals surface area (Å²) in [6.07, 6.45) is 0.407. The minimum absolute atomic E-state index is 0.0190. The van der Waals surface area contributed by atoms with Crippen molar-refractivity contribution < 1.29 is 9.59 Å². The van der Waals surface area contributed by atoms with Crippen molar-refractivity contribution in [2.45, 2.75) is 18.6 Å². The highest BCUT2D eigenvalue weighted by atomic mass is 32.2. The Bertz CT molecular complexity index is 379. The van der Waals surface area contributed by atoms with E-state index < -0.39 is 0 Å².